The second kappa shape index (κ2) is 12.5. The third kappa shape index (κ3) is 5.30. The molecule has 1 heterocycles. The van der Waals surface area contributed by atoms with E-state index in [1.54, 1.807) is 0 Å². The summed E-state index contributed by atoms with van der Waals surface area (Å²) >= 11 is 0. The minimum Gasteiger partial charge on any atom is -0.456 e. The molecule has 10 rings (SSSR count). The fourth-order valence-electron chi connectivity index (χ4n) is 7.62. The van der Waals surface area contributed by atoms with Crippen molar-refractivity contribution in [1.29, 1.82) is 0 Å². The van der Waals surface area contributed by atoms with E-state index in [9.17, 15) is 0 Å². The lowest BCUT2D eigenvalue weighted by Crippen LogP contribution is -2.10. The Hall–Kier alpha value is -6.90. The standard InChI is InChI=1S/C50H33NO/c1-3-11-38-31-40(21-19-34(38)9-1)36-23-27-43(28-24-36)51(44-29-25-37(26-30-44)41-22-20-35-10-2-4-12-39(35)32-41)45-14-7-13-42(33-45)46-16-8-18-49-50(46)47-15-5-6-17-48(47)52-49/h1-33H. The van der Waals surface area contributed by atoms with E-state index in [-0.39, 0.29) is 0 Å². The number of hydrogen-bond donors (Lipinski definition) is 0. The molecule has 244 valence electrons. The maximum absolute atomic E-state index is 6.26. The highest BCUT2D eigenvalue weighted by atomic mass is 16.3. The van der Waals surface area contributed by atoms with Crippen molar-refractivity contribution in [2.24, 2.45) is 0 Å². The van der Waals surface area contributed by atoms with Gasteiger partial charge in [0.1, 0.15) is 11.2 Å². The van der Waals surface area contributed by atoms with Crippen LogP contribution >= 0.6 is 0 Å². The molecule has 0 atom stereocenters. The number of hydrogen-bond acceptors (Lipinski definition) is 2. The molecular weight excluding hydrogens is 631 g/mol. The molecule has 0 amide bonds. The highest BCUT2D eigenvalue weighted by Gasteiger charge is 2.17. The molecule has 0 aliphatic heterocycles. The van der Waals surface area contributed by atoms with Crippen LogP contribution in [0.15, 0.2) is 205 Å². The Morgan fingerprint density at radius 3 is 1.46 bits per heavy atom. The topological polar surface area (TPSA) is 16.4 Å². The normalized spacial score (nSPS) is 11.5. The van der Waals surface area contributed by atoms with E-state index in [0.717, 1.165) is 50.1 Å². The summed E-state index contributed by atoms with van der Waals surface area (Å²) in [6.07, 6.45) is 0. The number of furan rings is 1. The number of nitrogens with zero attached hydrogens (tertiary/aromatic N) is 1. The van der Waals surface area contributed by atoms with Crippen LogP contribution in [-0.4, -0.2) is 0 Å². The molecule has 2 nitrogen and oxygen atoms in total. The van der Waals surface area contributed by atoms with E-state index < -0.39 is 0 Å². The largest absolute Gasteiger partial charge is 0.456 e. The molecule has 0 radical (unpaired) electrons. The van der Waals surface area contributed by atoms with Crippen molar-refractivity contribution in [1.82, 2.24) is 0 Å². The lowest BCUT2D eigenvalue weighted by molar-refractivity contribution is 0.669. The van der Waals surface area contributed by atoms with E-state index in [4.69, 9.17) is 4.42 Å². The zero-order valence-corrected chi connectivity index (χ0v) is 28.4. The molecule has 10 aromatic rings. The van der Waals surface area contributed by atoms with Gasteiger partial charge in [0.2, 0.25) is 0 Å². The Balaban J connectivity index is 1.08. The number of para-hydroxylation sites is 1. The van der Waals surface area contributed by atoms with Crippen LogP contribution in [0.25, 0.3) is 76.9 Å². The fraction of sp³-hybridized carbons (Fsp3) is 0. The van der Waals surface area contributed by atoms with E-state index in [2.05, 4.69) is 193 Å². The molecule has 52 heavy (non-hydrogen) atoms. The minimum atomic E-state index is 0.898. The van der Waals surface area contributed by atoms with Crippen molar-refractivity contribution in [3.05, 3.63) is 200 Å². The smallest absolute Gasteiger partial charge is 0.136 e. The van der Waals surface area contributed by atoms with Crippen LogP contribution in [0.4, 0.5) is 17.1 Å². The third-order valence-electron chi connectivity index (χ3n) is 10.2. The van der Waals surface area contributed by atoms with Crippen LogP contribution < -0.4 is 4.90 Å². The summed E-state index contributed by atoms with van der Waals surface area (Å²) in [6, 6.07) is 71.8. The van der Waals surface area contributed by atoms with Crippen LogP contribution in [0, 0.1) is 0 Å². The summed E-state index contributed by atoms with van der Waals surface area (Å²) in [5.74, 6) is 0. The van der Waals surface area contributed by atoms with Crippen LogP contribution in [0.5, 0.6) is 0 Å². The highest BCUT2D eigenvalue weighted by Crippen LogP contribution is 2.41. The van der Waals surface area contributed by atoms with Crippen LogP contribution in [0.1, 0.15) is 0 Å². The van der Waals surface area contributed by atoms with E-state index in [1.165, 1.54) is 43.8 Å². The first-order valence-electron chi connectivity index (χ1n) is 17.7. The van der Waals surface area contributed by atoms with Crippen molar-refractivity contribution in [3.8, 4) is 33.4 Å². The van der Waals surface area contributed by atoms with Crippen molar-refractivity contribution in [2.45, 2.75) is 0 Å². The van der Waals surface area contributed by atoms with Crippen molar-refractivity contribution in [3.63, 3.8) is 0 Å². The quantitative estimate of drug-likeness (QED) is 0.176. The molecule has 0 N–H and O–H groups in total. The molecule has 0 aliphatic rings. The SMILES string of the molecule is c1cc(-c2cccc3oc4ccccc4c23)cc(N(c2ccc(-c3ccc4ccccc4c3)cc2)c2ccc(-c3ccc4ccccc4c3)cc2)c1. The molecule has 0 saturated heterocycles. The van der Waals surface area contributed by atoms with Gasteiger partial charge in [-0.05, 0) is 116 Å². The molecule has 0 saturated carbocycles. The minimum absolute atomic E-state index is 0.898. The maximum Gasteiger partial charge on any atom is 0.136 e. The monoisotopic (exact) mass is 663 g/mol. The first-order valence-corrected chi connectivity index (χ1v) is 17.7. The fourth-order valence-corrected chi connectivity index (χ4v) is 7.62. The van der Waals surface area contributed by atoms with Crippen molar-refractivity contribution < 1.29 is 4.42 Å². The van der Waals surface area contributed by atoms with Crippen LogP contribution in [-0.2, 0) is 0 Å². The molecule has 0 bridgehead atoms. The number of benzene rings is 9. The average molecular weight is 664 g/mol. The average Bonchev–Trinajstić information content (AvgIpc) is 3.60. The molecule has 9 aromatic carbocycles. The molecule has 0 unspecified atom stereocenters. The molecule has 0 fully saturated rings. The molecule has 1 aromatic heterocycles. The number of anilines is 3. The highest BCUT2D eigenvalue weighted by molar-refractivity contribution is 6.12. The second-order valence-corrected chi connectivity index (χ2v) is 13.4. The summed E-state index contributed by atoms with van der Waals surface area (Å²) in [7, 11) is 0. The van der Waals surface area contributed by atoms with E-state index in [1.807, 2.05) is 12.1 Å². The zero-order chi connectivity index (χ0) is 34.4. The Labute approximate surface area is 302 Å². The van der Waals surface area contributed by atoms with Crippen LogP contribution in [0.2, 0.25) is 0 Å². The third-order valence-corrected chi connectivity index (χ3v) is 10.2. The van der Waals surface area contributed by atoms with E-state index in [0.29, 0.717) is 0 Å². The van der Waals surface area contributed by atoms with Gasteiger partial charge in [0.25, 0.3) is 0 Å². The lowest BCUT2D eigenvalue weighted by atomic mass is 9.98. The molecule has 0 spiro atoms. The zero-order valence-electron chi connectivity index (χ0n) is 28.4. The summed E-state index contributed by atoms with van der Waals surface area (Å²) < 4.78 is 6.26. The summed E-state index contributed by atoms with van der Waals surface area (Å²) in [5, 5.41) is 7.26. The summed E-state index contributed by atoms with van der Waals surface area (Å²) in [4.78, 5) is 2.35. The number of rotatable bonds is 6. The van der Waals surface area contributed by atoms with Gasteiger partial charge in [-0.25, -0.2) is 0 Å². The van der Waals surface area contributed by atoms with Gasteiger partial charge in [0.05, 0.1) is 0 Å². The van der Waals surface area contributed by atoms with Crippen molar-refractivity contribution in [2.75, 3.05) is 4.90 Å². The molecular formula is C50H33NO. The Morgan fingerprint density at radius 2 is 0.827 bits per heavy atom. The van der Waals surface area contributed by atoms with Gasteiger partial charge in [-0.3, -0.25) is 0 Å². The Kier molecular flexibility index (Phi) is 7.18. The Bertz CT molecular complexity index is 2780. The summed E-state index contributed by atoms with van der Waals surface area (Å²) in [5.41, 5.74) is 12.1. The van der Waals surface area contributed by atoms with Gasteiger partial charge in [-0.1, -0.05) is 140 Å². The van der Waals surface area contributed by atoms with Gasteiger partial charge in [0.15, 0.2) is 0 Å². The summed E-state index contributed by atoms with van der Waals surface area (Å²) in [6.45, 7) is 0. The van der Waals surface area contributed by atoms with Gasteiger partial charge in [0, 0.05) is 27.8 Å². The van der Waals surface area contributed by atoms with Gasteiger partial charge < -0.3 is 9.32 Å². The first-order chi connectivity index (χ1) is 25.7. The van der Waals surface area contributed by atoms with Gasteiger partial charge in [-0.2, -0.15) is 0 Å². The first kappa shape index (κ1) is 30.0. The lowest BCUT2D eigenvalue weighted by Gasteiger charge is -2.26. The second-order valence-electron chi connectivity index (χ2n) is 13.4. The predicted molar refractivity (Wildman–Crippen MR) is 220 cm³/mol. The van der Waals surface area contributed by atoms with Gasteiger partial charge in [-0.15, -0.1) is 0 Å². The van der Waals surface area contributed by atoms with Gasteiger partial charge >= 0.3 is 0 Å². The van der Waals surface area contributed by atoms with Crippen LogP contribution in [0.3, 0.4) is 0 Å². The number of fused-ring (bicyclic) bond motifs is 5. The van der Waals surface area contributed by atoms with E-state index >= 15 is 0 Å². The Morgan fingerprint density at radius 1 is 0.308 bits per heavy atom. The predicted octanol–water partition coefficient (Wildman–Crippen LogP) is 14.4. The molecule has 0 aliphatic carbocycles. The molecule has 2 heteroatoms. The van der Waals surface area contributed by atoms with Crippen molar-refractivity contribution >= 4 is 60.5 Å². The maximum atomic E-state index is 6.26.